The lowest BCUT2D eigenvalue weighted by Gasteiger charge is -2.20. The van der Waals surface area contributed by atoms with E-state index in [2.05, 4.69) is 20.6 Å². The van der Waals surface area contributed by atoms with Crippen LogP contribution in [0.3, 0.4) is 0 Å². The van der Waals surface area contributed by atoms with Gasteiger partial charge in [0.1, 0.15) is 5.54 Å². The lowest BCUT2D eigenvalue weighted by Crippen LogP contribution is -2.49. The third kappa shape index (κ3) is 1.58. The van der Waals surface area contributed by atoms with Gasteiger partial charge in [-0.3, -0.25) is 10.1 Å². The monoisotopic (exact) mass is 289 g/mol. The molecule has 2 aliphatic rings. The molecule has 0 bridgehead atoms. The Balaban J connectivity index is 1.65. The molecule has 7 nitrogen and oxygen atoms in total. The number of rotatable bonds is 1. The molecule has 0 aliphatic carbocycles. The lowest BCUT2D eigenvalue weighted by molar-refractivity contribution is -0.123. The molecule has 0 saturated carbocycles. The highest BCUT2D eigenvalue weighted by atomic mass is 32.1. The highest BCUT2D eigenvalue weighted by molar-refractivity contribution is 7.22. The fourth-order valence-electron chi connectivity index (χ4n) is 2.68. The Morgan fingerprint density at radius 1 is 1.40 bits per heavy atom. The molecule has 1 spiro atoms. The molecule has 4 rings (SSSR count). The maximum atomic E-state index is 11.9. The maximum Gasteiger partial charge on any atom is 0.322 e. The summed E-state index contributed by atoms with van der Waals surface area (Å²) in [5.41, 5.74) is -0.0871. The number of urea groups is 1. The second kappa shape index (κ2) is 3.89. The van der Waals surface area contributed by atoms with Gasteiger partial charge in [-0.15, -0.1) is 0 Å². The number of fused-ring (bicyclic) bond motifs is 1. The third-order valence-electron chi connectivity index (χ3n) is 3.71. The number of imide groups is 1. The predicted molar refractivity (Wildman–Crippen MR) is 73.7 cm³/mol. The fourth-order valence-corrected chi connectivity index (χ4v) is 3.63. The highest BCUT2D eigenvalue weighted by Crippen LogP contribution is 2.33. The average Bonchev–Trinajstić information content (AvgIpc) is 3.08. The third-order valence-corrected chi connectivity index (χ3v) is 4.78. The molecule has 1 unspecified atom stereocenters. The van der Waals surface area contributed by atoms with Gasteiger partial charge in [0.05, 0.1) is 11.2 Å². The summed E-state index contributed by atoms with van der Waals surface area (Å²) in [6.45, 7) is 1.14. The van der Waals surface area contributed by atoms with Crippen LogP contribution in [0.15, 0.2) is 18.3 Å². The van der Waals surface area contributed by atoms with E-state index in [0.717, 1.165) is 9.83 Å². The molecule has 2 aliphatic heterocycles. The quantitative estimate of drug-likeness (QED) is 0.746. The minimum absolute atomic E-state index is 0.246. The van der Waals surface area contributed by atoms with Gasteiger partial charge >= 0.3 is 6.03 Å². The summed E-state index contributed by atoms with van der Waals surface area (Å²) in [7, 11) is 0. The summed E-state index contributed by atoms with van der Waals surface area (Å²) in [5.74, 6) is -0.246. The number of anilines is 1. The van der Waals surface area contributed by atoms with Crippen LogP contribution in [0.2, 0.25) is 0 Å². The van der Waals surface area contributed by atoms with Crippen LogP contribution in [0.25, 0.3) is 10.3 Å². The van der Waals surface area contributed by atoms with E-state index in [-0.39, 0.29) is 5.91 Å². The predicted octanol–water partition coefficient (Wildman–Crippen LogP) is 0.480. The van der Waals surface area contributed by atoms with Gasteiger partial charge in [-0.2, -0.15) is 4.98 Å². The number of hydrogen-bond donors (Lipinski definition) is 2. The van der Waals surface area contributed by atoms with Crippen molar-refractivity contribution in [2.75, 3.05) is 18.0 Å². The Morgan fingerprint density at radius 3 is 3.05 bits per heavy atom. The van der Waals surface area contributed by atoms with Crippen LogP contribution in [0.4, 0.5) is 9.93 Å². The largest absolute Gasteiger partial charge is 0.345 e. The van der Waals surface area contributed by atoms with E-state index in [1.165, 1.54) is 0 Å². The zero-order valence-corrected chi connectivity index (χ0v) is 11.2. The highest BCUT2D eigenvalue weighted by Gasteiger charge is 2.51. The molecule has 2 fully saturated rings. The summed E-state index contributed by atoms with van der Waals surface area (Å²) in [4.78, 5) is 33.9. The van der Waals surface area contributed by atoms with Crippen LogP contribution in [-0.4, -0.2) is 40.5 Å². The normalized spacial score (nSPS) is 25.5. The van der Waals surface area contributed by atoms with E-state index in [1.54, 1.807) is 17.5 Å². The topological polar surface area (TPSA) is 87.2 Å². The first-order valence-corrected chi connectivity index (χ1v) is 7.08. The molecule has 0 aromatic carbocycles. The Kier molecular flexibility index (Phi) is 2.25. The van der Waals surface area contributed by atoms with Crippen molar-refractivity contribution in [1.29, 1.82) is 0 Å². The first kappa shape index (κ1) is 11.6. The van der Waals surface area contributed by atoms with Gasteiger partial charge in [0.15, 0.2) is 10.8 Å². The SMILES string of the molecule is O=C1NC(=O)C2(CCN(c3nc4ncccc4s3)C2)N1. The minimum atomic E-state index is -0.803. The number of nitrogens with one attached hydrogen (secondary N) is 2. The van der Waals surface area contributed by atoms with Crippen LogP contribution in [0, 0.1) is 0 Å². The van der Waals surface area contributed by atoms with Crippen LogP contribution >= 0.6 is 11.3 Å². The average molecular weight is 289 g/mol. The van der Waals surface area contributed by atoms with Crippen LogP contribution in [-0.2, 0) is 4.79 Å². The number of carbonyl (C=O) groups excluding carboxylic acids is 2. The Hall–Kier alpha value is -2.22. The molecule has 1 atom stereocenters. The molecule has 2 N–H and O–H groups in total. The molecule has 8 heteroatoms. The van der Waals surface area contributed by atoms with E-state index in [4.69, 9.17) is 0 Å². The number of pyridine rings is 1. The van der Waals surface area contributed by atoms with Gasteiger partial charge in [-0.25, -0.2) is 9.78 Å². The van der Waals surface area contributed by atoms with E-state index in [9.17, 15) is 9.59 Å². The second-order valence-electron chi connectivity index (χ2n) is 4.98. The van der Waals surface area contributed by atoms with Crippen LogP contribution < -0.4 is 15.5 Å². The molecular weight excluding hydrogens is 278 g/mol. The van der Waals surface area contributed by atoms with Gasteiger partial charge in [0.25, 0.3) is 5.91 Å². The Morgan fingerprint density at radius 2 is 2.30 bits per heavy atom. The summed E-state index contributed by atoms with van der Waals surface area (Å²) < 4.78 is 1.02. The summed E-state index contributed by atoms with van der Waals surface area (Å²) in [6.07, 6.45) is 2.30. The number of aromatic nitrogens is 2. The molecule has 4 heterocycles. The Bertz CT molecular complexity index is 696. The van der Waals surface area contributed by atoms with Crippen molar-refractivity contribution >= 4 is 38.8 Å². The minimum Gasteiger partial charge on any atom is -0.345 e. The molecule has 2 aromatic rings. The first-order chi connectivity index (χ1) is 9.66. The van der Waals surface area contributed by atoms with Crippen LogP contribution in [0.1, 0.15) is 6.42 Å². The molecule has 2 saturated heterocycles. The molecule has 2 aromatic heterocycles. The van der Waals surface area contributed by atoms with Gasteiger partial charge in [0, 0.05) is 12.7 Å². The molecule has 3 amide bonds. The van der Waals surface area contributed by atoms with E-state index >= 15 is 0 Å². The van der Waals surface area contributed by atoms with Crippen LogP contribution in [0.5, 0.6) is 0 Å². The molecule has 20 heavy (non-hydrogen) atoms. The lowest BCUT2D eigenvalue weighted by atomic mass is 10.00. The van der Waals surface area contributed by atoms with Crippen molar-refractivity contribution in [1.82, 2.24) is 20.6 Å². The van der Waals surface area contributed by atoms with Gasteiger partial charge < -0.3 is 10.2 Å². The molecule has 102 valence electrons. The Labute approximate surface area is 118 Å². The first-order valence-electron chi connectivity index (χ1n) is 6.26. The number of hydrogen-bond acceptors (Lipinski definition) is 6. The fraction of sp³-hybridized carbons (Fsp3) is 0.333. The standard InChI is InChI=1S/C12H11N5O2S/c18-9-12(16-10(19)15-9)3-5-17(6-12)11-14-8-7(20-11)2-1-4-13-8/h1-2,4H,3,5-6H2,(H2,15,16,18,19). The zero-order valence-electron chi connectivity index (χ0n) is 10.4. The van der Waals surface area contributed by atoms with Crippen molar-refractivity contribution in [3.63, 3.8) is 0 Å². The van der Waals surface area contributed by atoms with E-state index < -0.39 is 11.6 Å². The van der Waals surface area contributed by atoms with Crippen molar-refractivity contribution in [2.24, 2.45) is 0 Å². The summed E-state index contributed by atoms with van der Waals surface area (Å²) in [6, 6.07) is 3.43. The number of thiazole rings is 1. The number of carbonyl (C=O) groups is 2. The second-order valence-corrected chi connectivity index (χ2v) is 5.99. The molecule has 0 radical (unpaired) electrons. The van der Waals surface area contributed by atoms with Crippen molar-refractivity contribution < 1.29 is 9.59 Å². The van der Waals surface area contributed by atoms with Gasteiger partial charge in [0.2, 0.25) is 0 Å². The van der Waals surface area contributed by atoms with Crippen molar-refractivity contribution in [2.45, 2.75) is 12.0 Å². The number of amides is 3. The van der Waals surface area contributed by atoms with Crippen molar-refractivity contribution in [3.8, 4) is 0 Å². The summed E-state index contributed by atoms with van der Waals surface area (Å²) in [5, 5.41) is 5.87. The van der Waals surface area contributed by atoms with E-state index in [0.29, 0.717) is 25.2 Å². The maximum absolute atomic E-state index is 11.9. The van der Waals surface area contributed by atoms with Crippen molar-refractivity contribution in [3.05, 3.63) is 18.3 Å². The molecular formula is C12H11N5O2S. The smallest absolute Gasteiger partial charge is 0.322 e. The zero-order chi connectivity index (χ0) is 13.7. The van der Waals surface area contributed by atoms with Gasteiger partial charge in [-0.05, 0) is 18.6 Å². The van der Waals surface area contributed by atoms with E-state index in [1.807, 2.05) is 17.0 Å². The summed E-state index contributed by atoms with van der Waals surface area (Å²) >= 11 is 1.55. The van der Waals surface area contributed by atoms with Gasteiger partial charge in [-0.1, -0.05) is 11.3 Å². The number of nitrogens with zero attached hydrogens (tertiary/aromatic N) is 3.